The second-order valence-corrected chi connectivity index (χ2v) is 14.8. The molecule has 5 rings (SSSR count). The molecule has 3 aromatic carbocycles. The van der Waals surface area contributed by atoms with Crippen molar-refractivity contribution in [3.8, 4) is 0 Å². The predicted octanol–water partition coefficient (Wildman–Crippen LogP) is 6.77. The van der Waals surface area contributed by atoms with E-state index < -0.39 is 0 Å². The van der Waals surface area contributed by atoms with E-state index in [0.717, 1.165) is 49.9 Å². The zero-order valence-electron chi connectivity index (χ0n) is 28.1. The van der Waals surface area contributed by atoms with Crippen molar-refractivity contribution in [3.05, 3.63) is 81.8 Å². The van der Waals surface area contributed by atoms with Crippen LogP contribution in [0.1, 0.15) is 62.5 Å². The molecule has 0 unspecified atom stereocenters. The van der Waals surface area contributed by atoms with Crippen LogP contribution in [0.25, 0.3) is 10.8 Å². The fraction of sp³-hybridized carbons (Fsp3) is 0.526. The van der Waals surface area contributed by atoms with E-state index in [-0.39, 0.29) is 30.0 Å². The second kappa shape index (κ2) is 17.0. The Morgan fingerprint density at radius 3 is 2.45 bits per heavy atom. The highest BCUT2D eigenvalue weighted by atomic mass is 35.5. The zero-order chi connectivity index (χ0) is 33.3. The van der Waals surface area contributed by atoms with Crippen LogP contribution in [0, 0.1) is 5.92 Å². The lowest BCUT2D eigenvalue weighted by Gasteiger charge is -2.49. The Balaban J connectivity index is 1.39. The predicted molar refractivity (Wildman–Crippen MR) is 197 cm³/mol. The first-order valence-corrected chi connectivity index (χ1v) is 18.1. The molecule has 1 aliphatic heterocycles. The van der Waals surface area contributed by atoms with Gasteiger partial charge in [-0.25, -0.2) is 0 Å². The zero-order valence-corrected chi connectivity index (χ0v) is 29.6. The minimum atomic E-state index is 0.123. The number of fused-ring (bicyclic) bond motifs is 1. The number of aliphatic imine (C=N–C) groups is 1. The molecule has 0 bridgehead atoms. The van der Waals surface area contributed by atoms with Gasteiger partial charge in [-0.1, -0.05) is 104 Å². The van der Waals surface area contributed by atoms with Gasteiger partial charge < -0.3 is 21.3 Å². The van der Waals surface area contributed by atoms with Crippen LogP contribution in [-0.2, 0) is 17.6 Å². The number of benzene rings is 3. The fourth-order valence-electron chi connectivity index (χ4n) is 7.60. The highest BCUT2D eigenvalue weighted by Gasteiger charge is 2.38. The van der Waals surface area contributed by atoms with E-state index in [2.05, 4.69) is 76.3 Å². The molecule has 1 aliphatic carbocycles. The molecule has 0 radical (unpaired) electrons. The van der Waals surface area contributed by atoms with E-state index in [0.29, 0.717) is 35.5 Å². The van der Waals surface area contributed by atoms with Gasteiger partial charge in [-0.3, -0.25) is 14.7 Å². The maximum Gasteiger partial charge on any atom is 0.227 e. The molecule has 2 fully saturated rings. The molecule has 3 aromatic rings. The lowest BCUT2D eigenvalue weighted by molar-refractivity contribution is -0.138. The molecule has 4 N–H and O–H groups in total. The van der Waals surface area contributed by atoms with Gasteiger partial charge in [0.05, 0.1) is 6.42 Å². The Kier molecular flexibility index (Phi) is 12.8. The van der Waals surface area contributed by atoms with Crippen LogP contribution >= 0.6 is 23.2 Å². The van der Waals surface area contributed by atoms with Crippen molar-refractivity contribution in [3.63, 3.8) is 0 Å². The van der Waals surface area contributed by atoms with E-state index in [1.165, 1.54) is 42.9 Å². The Hall–Kier alpha value is -2.84. The summed E-state index contributed by atoms with van der Waals surface area (Å²) in [7, 11) is 4.29. The minimum Gasteiger partial charge on any atom is -0.370 e. The molecule has 3 atom stereocenters. The highest BCUT2D eigenvalue weighted by molar-refractivity contribution is 6.35. The van der Waals surface area contributed by atoms with Crippen molar-refractivity contribution in [2.24, 2.45) is 22.4 Å². The Morgan fingerprint density at radius 2 is 1.72 bits per heavy atom. The summed E-state index contributed by atoms with van der Waals surface area (Å²) in [5.41, 5.74) is 13.5. The number of rotatable bonds is 13. The summed E-state index contributed by atoms with van der Waals surface area (Å²) in [5, 5.41) is 3.73. The molecule has 1 saturated heterocycles. The highest BCUT2D eigenvalue weighted by Crippen LogP contribution is 2.32. The van der Waals surface area contributed by atoms with E-state index in [4.69, 9.17) is 34.7 Å². The number of carbonyl (C=O) groups is 1. The smallest absolute Gasteiger partial charge is 0.227 e. The summed E-state index contributed by atoms with van der Waals surface area (Å²) in [5.74, 6) is 1.02. The third-order valence-electron chi connectivity index (χ3n) is 10.3. The monoisotopic (exact) mass is 678 g/mol. The quantitative estimate of drug-likeness (QED) is 0.118. The first-order chi connectivity index (χ1) is 22.7. The van der Waals surface area contributed by atoms with Crippen LogP contribution in [0.2, 0.25) is 10.0 Å². The third kappa shape index (κ3) is 10.1. The summed E-state index contributed by atoms with van der Waals surface area (Å²) in [6.07, 6.45) is 10.5. The summed E-state index contributed by atoms with van der Waals surface area (Å²) in [6, 6.07) is 21.2. The van der Waals surface area contributed by atoms with Crippen molar-refractivity contribution < 1.29 is 4.79 Å². The number of amides is 1. The standard InChI is InChI=1S/C38H52Cl2N6O/c1-44(2)34(22-31-16-17-32(39)23-36(31)40)24-45-25-35(20-27-9-4-3-5-10-27)46(26-33(45)13-8-18-43-38(41)42)37(47)21-28-14-15-29-11-6-7-12-30(29)19-28/h6-7,11-12,14-17,19,23,27,33-35H,3-5,8-10,13,18,20-22,24-26H2,1-2H3,(H4,41,42,43)/t33-,34-,35+/m1/s1. The Labute approximate surface area is 291 Å². The van der Waals surface area contributed by atoms with Gasteiger partial charge >= 0.3 is 0 Å². The lowest BCUT2D eigenvalue weighted by atomic mass is 9.83. The summed E-state index contributed by atoms with van der Waals surface area (Å²) >= 11 is 12.9. The molecule has 1 heterocycles. The molecule has 1 saturated carbocycles. The van der Waals surface area contributed by atoms with Gasteiger partial charge in [-0.2, -0.15) is 0 Å². The molecular weight excluding hydrogens is 627 g/mol. The summed E-state index contributed by atoms with van der Waals surface area (Å²) < 4.78 is 0. The van der Waals surface area contributed by atoms with Crippen molar-refractivity contribution in [2.45, 2.75) is 82.3 Å². The molecule has 0 aromatic heterocycles. The number of piperazine rings is 1. The van der Waals surface area contributed by atoms with Gasteiger partial charge in [0, 0.05) is 54.3 Å². The van der Waals surface area contributed by atoms with Crippen molar-refractivity contribution in [2.75, 3.05) is 40.3 Å². The largest absolute Gasteiger partial charge is 0.370 e. The molecule has 2 aliphatic rings. The van der Waals surface area contributed by atoms with Gasteiger partial charge in [0.25, 0.3) is 0 Å². The van der Waals surface area contributed by atoms with E-state index in [1.807, 2.05) is 18.2 Å². The normalized spacial score (nSPS) is 20.1. The van der Waals surface area contributed by atoms with E-state index in [9.17, 15) is 4.79 Å². The average molecular weight is 680 g/mol. The maximum atomic E-state index is 14.3. The summed E-state index contributed by atoms with van der Waals surface area (Å²) in [4.78, 5) is 25.7. The molecule has 254 valence electrons. The minimum absolute atomic E-state index is 0.123. The average Bonchev–Trinajstić information content (AvgIpc) is 3.04. The topological polar surface area (TPSA) is 91.2 Å². The van der Waals surface area contributed by atoms with Gasteiger partial charge in [0.1, 0.15) is 0 Å². The summed E-state index contributed by atoms with van der Waals surface area (Å²) in [6.45, 7) is 3.05. The number of halogens is 2. The number of hydrogen-bond acceptors (Lipinski definition) is 4. The van der Waals surface area contributed by atoms with Crippen LogP contribution in [0.15, 0.2) is 65.7 Å². The molecule has 47 heavy (non-hydrogen) atoms. The number of nitrogens with zero attached hydrogens (tertiary/aromatic N) is 4. The second-order valence-electron chi connectivity index (χ2n) is 13.9. The number of guanidine groups is 1. The fourth-order valence-corrected chi connectivity index (χ4v) is 8.09. The van der Waals surface area contributed by atoms with Crippen LogP contribution in [0.5, 0.6) is 0 Å². The number of likely N-dealkylation sites (N-methyl/N-ethyl adjacent to an activating group) is 1. The van der Waals surface area contributed by atoms with Crippen LogP contribution in [-0.4, -0.2) is 85.0 Å². The van der Waals surface area contributed by atoms with Crippen LogP contribution in [0.3, 0.4) is 0 Å². The van der Waals surface area contributed by atoms with Crippen molar-refractivity contribution in [1.29, 1.82) is 0 Å². The van der Waals surface area contributed by atoms with Gasteiger partial charge in [-0.05, 0) is 79.7 Å². The molecule has 9 heteroatoms. The van der Waals surface area contributed by atoms with E-state index >= 15 is 0 Å². The maximum absolute atomic E-state index is 14.3. The van der Waals surface area contributed by atoms with Crippen molar-refractivity contribution in [1.82, 2.24) is 14.7 Å². The lowest BCUT2D eigenvalue weighted by Crippen LogP contribution is -2.62. The Morgan fingerprint density at radius 1 is 0.957 bits per heavy atom. The van der Waals surface area contributed by atoms with Gasteiger partial charge in [0.2, 0.25) is 5.91 Å². The van der Waals surface area contributed by atoms with Crippen LogP contribution in [0.4, 0.5) is 0 Å². The number of carbonyl (C=O) groups excluding carboxylic acids is 1. The number of nitrogens with two attached hydrogens (primary N) is 2. The molecular formula is C38H52Cl2N6O. The molecule has 1 amide bonds. The first kappa shape index (κ1) is 35.5. The van der Waals surface area contributed by atoms with Crippen LogP contribution < -0.4 is 11.5 Å². The van der Waals surface area contributed by atoms with Gasteiger partial charge in [-0.15, -0.1) is 0 Å². The van der Waals surface area contributed by atoms with E-state index in [1.54, 1.807) is 0 Å². The third-order valence-corrected chi connectivity index (χ3v) is 10.9. The first-order valence-electron chi connectivity index (χ1n) is 17.3. The Bertz CT molecular complexity index is 1500. The van der Waals surface area contributed by atoms with Gasteiger partial charge in [0.15, 0.2) is 5.96 Å². The molecule has 7 nitrogen and oxygen atoms in total. The molecule has 0 spiro atoms. The number of hydrogen-bond donors (Lipinski definition) is 2. The van der Waals surface area contributed by atoms with Crippen molar-refractivity contribution >= 4 is 45.8 Å². The SMILES string of the molecule is CN(C)[C@H](Cc1ccc(Cl)cc1Cl)CN1C[C@H](CC2CCCCC2)N(C(=O)Cc2ccc3ccccc3c2)C[C@H]1CCCN=C(N)N.